The number of carbonyl (C=O) groups excluding carboxylic acids is 2. The fourth-order valence-electron chi connectivity index (χ4n) is 1.94. The molecule has 2 amide bonds. The van der Waals surface area contributed by atoms with Crippen LogP contribution in [0, 0.1) is 5.82 Å². The van der Waals surface area contributed by atoms with Crippen LogP contribution in [0.2, 0.25) is 0 Å². The van der Waals surface area contributed by atoms with Gasteiger partial charge in [-0.3, -0.25) is 0 Å². The molecular weight excluding hydrogens is 241 g/mol. The van der Waals surface area contributed by atoms with Gasteiger partial charge in [-0.25, -0.2) is 9.18 Å². The van der Waals surface area contributed by atoms with E-state index >= 15 is 0 Å². The predicted octanol–water partition coefficient (Wildman–Crippen LogP) is 0.404. The molecule has 0 saturated heterocycles. The Balaban J connectivity index is 3.48. The third-order valence-electron chi connectivity index (χ3n) is 2.83. The van der Waals surface area contributed by atoms with Crippen LogP contribution in [0.25, 0.3) is 0 Å². The molecule has 1 atom stereocenters. The standard InChI is InChI=1S/C12H14FNO4/c1-8(2)14(12(17)18,11(16)7-15)10-5-3-9(13)4-6-10/h3-6,8,15H,7H2,1-2H3. The number of hydrogen-bond donors (Lipinski definition) is 1. The molecule has 0 bridgehead atoms. The first-order valence-electron chi connectivity index (χ1n) is 5.38. The van der Waals surface area contributed by atoms with Gasteiger partial charge >= 0.3 is 5.91 Å². The Labute approximate surface area is 104 Å². The van der Waals surface area contributed by atoms with E-state index in [0.29, 0.717) is 0 Å². The zero-order chi connectivity index (χ0) is 13.9. The second kappa shape index (κ2) is 5.24. The summed E-state index contributed by atoms with van der Waals surface area (Å²) in [5.74, 6) is -1.48. The van der Waals surface area contributed by atoms with Gasteiger partial charge in [0.2, 0.25) is 0 Å². The predicted molar refractivity (Wildman–Crippen MR) is 60.8 cm³/mol. The van der Waals surface area contributed by atoms with Gasteiger partial charge in [0, 0.05) is 12.1 Å². The molecule has 5 nitrogen and oxygen atoms in total. The normalized spacial score (nSPS) is 14.3. The van der Waals surface area contributed by atoms with Gasteiger partial charge in [0.05, 0.1) is 0 Å². The van der Waals surface area contributed by atoms with Gasteiger partial charge in [0.1, 0.15) is 17.5 Å². The minimum absolute atomic E-state index is 0.0467. The highest BCUT2D eigenvalue weighted by Gasteiger charge is 2.44. The van der Waals surface area contributed by atoms with Crippen molar-refractivity contribution in [3.63, 3.8) is 0 Å². The number of carboxylic acid groups (broad SMARTS) is 1. The number of aliphatic hydroxyl groups excluding tert-OH is 1. The van der Waals surface area contributed by atoms with Crippen molar-refractivity contribution in [1.29, 1.82) is 0 Å². The molecule has 0 radical (unpaired) electrons. The van der Waals surface area contributed by atoms with Crippen molar-refractivity contribution < 1.29 is 24.2 Å². The quantitative estimate of drug-likeness (QED) is 0.793. The van der Waals surface area contributed by atoms with Crippen molar-refractivity contribution in [3.05, 3.63) is 30.1 Å². The fraction of sp³-hybridized carbons (Fsp3) is 0.333. The molecule has 0 heterocycles. The number of imide groups is 1. The number of quaternary nitrogens is 1. The summed E-state index contributed by atoms with van der Waals surface area (Å²) in [6.45, 7) is 2.07. The first kappa shape index (κ1) is 14.3. The van der Waals surface area contributed by atoms with Crippen LogP contribution in [0.4, 0.5) is 14.9 Å². The lowest BCUT2D eigenvalue weighted by Gasteiger charge is -2.37. The fourth-order valence-corrected chi connectivity index (χ4v) is 1.94. The van der Waals surface area contributed by atoms with E-state index in [9.17, 15) is 19.1 Å². The van der Waals surface area contributed by atoms with Crippen LogP contribution < -0.4 is 9.59 Å². The van der Waals surface area contributed by atoms with E-state index in [4.69, 9.17) is 5.11 Å². The van der Waals surface area contributed by atoms with Gasteiger partial charge in [0.25, 0.3) is 6.09 Å². The molecule has 98 valence electrons. The SMILES string of the molecule is CC(C)[N+](C(=O)[O-])(C(=O)CO)c1ccc(F)cc1. The summed E-state index contributed by atoms with van der Waals surface area (Å²) in [5, 5.41) is 20.3. The highest BCUT2D eigenvalue weighted by Crippen LogP contribution is 2.27. The van der Waals surface area contributed by atoms with Gasteiger partial charge in [-0.05, 0) is 26.0 Å². The van der Waals surface area contributed by atoms with E-state index in [-0.39, 0.29) is 5.69 Å². The van der Waals surface area contributed by atoms with Crippen LogP contribution in [-0.4, -0.2) is 29.8 Å². The Kier molecular flexibility index (Phi) is 4.15. The lowest BCUT2D eigenvalue weighted by Crippen LogP contribution is -2.68. The number of hydrogen-bond acceptors (Lipinski definition) is 4. The lowest BCUT2D eigenvalue weighted by atomic mass is 10.1. The summed E-state index contributed by atoms with van der Waals surface area (Å²) in [5.41, 5.74) is 0.0467. The summed E-state index contributed by atoms with van der Waals surface area (Å²) in [6.07, 6.45) is -1.66. The number of aliphatic hydroxyl groups is 1. The summed E-state index contributed by atoms with van der Waals surface area (Å²) in [4.78, 5) is 23.2. The largest absolute Gasteiger partial charge is 0.498 e. The molecule has 0 aliphatic rings. The van der Waals surface area contributed by atoms with Crippen molar-refractivity contribution in [3.8, 4) is 0 Å². The molecule has 1 unspecified atom stereocenters. The summed E-state index contributed by atoms with van der Waals surface area (Å²) >= 11 is 0. The smallest absolute Gasteiger partial charge is 0.350 e. The maximum atomic E-state index is 12.9. The molecule has 1 rings (SSSR count). The molecule has 6 heteroatoms. The Morgan fingerprint density at radius 3 is 2.17 bits per heavy atom. The van der Waals surface area contributed by atoms with Gasteiger partial charge in [-0.2, -0.15) is 4.48 Å². The first-order valence-corrected chi connectivity index (χ1v) is 5.38. The molecule has 0 saturated carbocycles. The minimum Gasteiger partial charge on any atom is -0.498 e. The topological polar surface area (TPSA) is 77.4 Å². The van der Waals surface area contributed by atoms with Crippen LogP contribution >= 0.6 is 0 Å². The Bertz CT molecular complexity index is 458. The Morgan fingerprint density at radius 2 is 1.83 bits per heavy atom. The molecule has 0 aliphatic carbocycles. The number of amides is 2. The van der Waals surface area contributed by atoms with Gasteiger partial charge in [-0.15, -0.1) is 0 Å². The van der Waals surface area contributed by atoms with Gasteiger partial charge < -0.3 is 15.0 Å². The Morgan fingerprint density at radius 1 is 1.33 bits per heavy atom. The third kappa shape index (κ3) is 2.12. The zero-order valence-electron chi connectivity index (χ0n) is 10.1. The van der Waals surface area contributed by atoms with Crippen LogP contribution in [-0.2, 0) is 4.79 Å². The van der Waals surface area contributed by atoms with E-state index in [0.717, 1.165) is 12.1 Å². The molecule has 1 aromatic rings. The number of benzene rings is 1. The zero-order valence-corrected chi connectivity index (χ0v) is 10.1. The van der Waals surface area contributed by atoms with Crippen LogP contribution in [0.3, 0.4) is 0 Å². The van der Waals surface area contributed by atoms with Gasteiger partial charge in [0.15, 0.2) is 6.61 Å². The van der Waals surface area contributed by atoms with Crippen molar-refractivity contribution >= 4 is 17.7 Å². The maximum Gasteiger partial charge on any atom is 0.350 e. The summed E-state index contributed by atoms with van der Waals surface area (Å²) < 4.78 is 11.7. The molecule has 0 fully saturated rings. The number of carbonyl (C=O) groups is 2. The van der Waals surface area contributed by atoms with Crippen molar-refractivity contribution in [2.24, 2.45) is 0 Å². The van der Waals surface area contributed by atoms with Crippen molar-refractivity contribution in [1.82, 2.24) is 4.48 Å². The third-order valence-corrected chi connectivity index (χ3v) is 2.83. The highest BCUT2D eigenvalue weighted by atomic mass is 19.1. The molecule has 1 aromatic carbocycles. The monoisotopic (exact) mass is 255 g/mol. The first-order chi connectivity index (χ1) is 8.37. The molecular formula is C12H14FNO4. The molecule has 1 N–H and O–H groups in total. The summed E-state index contributed by atoms with van der Waals surface area (Å²) in [6, 6.07) is 3.80. The van der Waals surface area contributed by atoms with E-state index in [2.05, 4.69) is 0 Å². The van der Waals surface area contributed by atoms with Crippen LogP contribution in [0.1, 0.15) is 13.8 Å². The van der Waals surface area contributed by atoms with Gasteiger partial charge in [-0.1, -0.05) is 0 Å². The van der Waals surface area contributed by atoms with E-state index < -0.39 is 34.9 Å². The summed E-state index contributed by atoms with van der Waals surface area (Å²) in [7, 11) is 0. The Hall–Kier alpha value is -1.79. The maximum absolute atomic E-state index is 12.9. The van der Waals surface area contributed by atoms with Crippen molar-refractivity contribution in [2.45, 2.75) is 19.9 Å². The van der Waals surface area contributed by atoms with E-state index in [1.54, 1.807) is 0 Å². The highest BCUT2D eigenvalue weighted by molar-refractivity contribution is 6.05. The number of rotatable bonds is 3. The second-order valence-electron chi connectivity index (χ2n) is 4.11. The van der Waals surface area contributed by atoms with Crippen molar-refractivity contribution in [2.75, 3.05) is 6.61 Å². The molecule has 0 aliphatic heterocycles. The second-order valence-corrected chi connectivity index (χ2v) is 4.11. The van der Waals surface area contributed by atoms with E-state index in [1.165, 1.54) is 26.0 Å². The average Bonchev–Trinajstić information content (AvgIpc) is 2.31. The lowest BCUT2D eigenvalue weighted by molar-refractivity contribution is -0.264. The molecule has 0 spiro atoms. The number of nitrogens with zero attached hydrogens (tertiary/aromatic N) is 1. The minimum atomic E-state index is -1.66. The number of halogens is 1. The average molecular weight is 255 g/mol. The van der Waals surface area contributed by atoms with E-state index in [1.807, 2.05) is 0 Å². The van der Waals surface area contributed by atoms with Crippen LogP contribution in [0.5, 0.6) is 0 Å². The molecule has 0 aromatic heterocycles. The van der Waals surface area contributed by atoms with Crippen LogP contribution in [0.15, 0.2) is 24.3 Å². The molecule has 18 heavy (non-hydrogen) atoms.